The molecule has 9 heteroatoms. The van der Waals surface area contributed by atoms with E-state index in [4.69, 9.17) is 12.2 Å². The molecule has 0 spiro atoms. The third kappa shape index (κ3) is 5.00. The van der Waals surface area contributed by atoms with Gasteiger partial charge in [0.05, 0.1) is 16.6 Å². The van der Waals surface area contributed by atoms with Crippen molar-refractivity contribution in [2.24, 2.45) is 0 Å². The van der Waals surface area contributed by atoms with E-state index in [2.05, 4.69) is 17.2 Å². The number of pyridine rings is 1. The number of nitrogens with zero attached hydrogens (tertiary/aromatic N) is 3. The molecule has 1 saturated heterocycles. The van der Waals surface area contributed by atoms with Crippen LogP contribution in [0, 0.1) is 0 Å². The van der Waals surface area contributed by atoms with Crippen molar-refractivity contribution in [3.8, 4) is 0 Å². The number of hydrogen-bond acceptors (Lipinski definition) is 7. The van der Waals surface area contributed by atoms with Crippen LogP contribution in [0.25, 0.3) is 11.7 Å². The summed E-state index contributed by atoms with van der Waals surface area (Å²) in [6, 6.07) is 14.5. The molecule has 7 nitrogen and oxygen atoms in total. The smallest absolute Gasteiger partial charge is 0.267 e. The normalized spacial score (nSPS) is 16.1. The number of hydrogen-bond donors (Lipinski definition) is 2. The molecule has 1 aromatic carbocycles. The second-order valence-electron chi connectivity index (χ2n) is 7.60. The SMILES string of the molecule is CCCCN1C(=O)/C(=C/c2c(NC[C@@H](O)c3ccccc3)nc3ccccn3c2=O)SC1=S. The predicted molar refractivity (Wildman–Crippen MR) is 136 cm³/mol. The van der Waals surface area contributed by atoms with Gasteiger partial charge in [0.1, 0.15) is 15.8 Å². The zero-order valence-electron chi connectivity index (χ0n) is 18.1. The summed E-state index contributed by atoms with van der Waals surface area (Å²) >= 11 is 6.57. The molecule has 1 aliphatic heterocycles. The standard InChI is InChI=1S/C24H24N4O3S2/c1-2-3-12-28-23(31)19(33-24(28)32)14-17-21(25-15-18(29)16-9-5-4-6-10-16)26-20-11-7-8-13-27(20)22(17)30/h4-11,13-14,18,25,29H,2-3,12,15H2,1H3/b19-14-/t18-/m1/s1. The number of thiocarbonyl (C=S) groups is 1. The van der Waals surface area contributed by atoms with Crippen molar-refractivity contribution in [1.29, 1.82) is 0 Å². The molecule has 3 aromatic rings. The first-order valence-corrected chi connectivity index (χ1v) is 12.0. The second kappa shape index (κ2) is 10.3. The molecule has 2 N–H and O–H groups in total. The van der Waals surface area contributed by atoms with Crippen LogP contribution < -0.4 is 10.9 Å². The molecule has 0 bridgehead atoms. The number of unbranched alkanes of at least 4 members (excludes halogenated alkanes) is 1. The van der Waals surface area contributed by atoms with Gasteiger partial charge >= 0.3 is 0 Å². The van der Waals surface area contributed by atoms with E-state index >= 15 is 0 Å². The summed E-state index contributed by atoms with van der Waals surface area (Å²) < 4.78 is 1.92. The van der Waals surface area contributed by atoms with E-state index in [9.17, 15) is 14.7 Å². The Balaban J connectivity index is 1.70. The lowest BCUT2D eigenvalue weighted by atomic mass is 10.1. The summed E-state index contributed by atoms with van der Waals surface area (Å²) in [5.41, 5.74) is 1.15. The quantitative estimate of drug-likeness (QED) is 0.374. The summed E-state index contributed by atoms with van der Waals surface area (Å²) in [4.78, 5) is 32.8. The van der Waals surface area contributed by atoms with Gasteiger partial charge in [0.15, 0.2) is 0 Å². The molecular weight excluding hydrogens is 456 g/mol. The summed E-state index contributed by atoms with van der Waals surface area (Å²) in [5, 5.41) is 13.7. The van der Waals surface area contributed by atoms with Crippen LogP contribution in [-0.4, -0.2) is 42.7 Å². The number of carbonyl (C=O) groups excluding carboxylic acids is 1. The Morgan fingerprint density at radius 2 is 1.94 bits per heavy atom. The summed E-state index contributed by atoms with van der Waals surface area (Å²) in [7, 11) is 0. The van der Waals surface area contributed by atoms with Gasteiger partial charge in [-0.1, -0.05) is 73.7 Å². The molecule has 2 aromatic heterocycles. The third-order valence-corrected chi connectivity index (χ3v) is 6.68. The van der Waals surface area contributed by atoms with Crippen molar-refractivity contribution in [2.45, 2.75) is 25.9 Å². The lowest BCUT2D eigenvalue weighted by molar-refractivity contribution is -0.122. The zero-order valence-corrected chi connectivity index (χ0v) is 19.7. The van der Waals surface area contributed by atoms with E-state index in [1.807, 2.05) is 30.3 Å². The number of thioether (sulfide) groups is 1. The van der Waals surface area contributed by atoms with Gasteiger partial charge in [0.25, 0.3) is 11.5 Å². The first-order chi connectivity index (χ1) is 16.0. The Labute approximate surface area is 201 Å². The van der Waals surface area contributed by atoms with Crippen LogP contribution in [0.4, 0.5) is 5.82 Å². The molecule has 0 radical (unpaired) electrons. The van der Waals surface area contributed by atoms with Gasteiger partial charge in [-0.3, -0.25) is 18.9 Å². The van der Waals surface area contributed by atoms with Gasteiger partial charge in [-0.05, 0) is 30.2 Å². The van der Waals surface area contributed by atoms with Crippen LogP contribution in [0.1, 0.15) is 37.0 Å². The maximum atomic E-state index is 13.3. The highest BCUT2D eigenvalue weighted by molar-refractivity contribution is 8.26. The van der Waals surface area contributed by atoms with Crippen molar-refractivity contribution in [2.75, 3.05) is 18.4 Å². The fourth-order valence-electron chi connectivity index (χ4n) is 3.49. The van der Waals surface area contributed by atoms with E-state index in [0.29, 0.717) is 27.2 Å². The number of anilines is 1. The van der Waals surface area contributed by atoms with E-state index in [-0.39, 0.29) is 23.6 Å². The Kier molecular flexibility index (Phi) is 7.22. The van der Waals surface area contributed by atoms with Gasteiger partial charge in [-0.2, -0.15) is 0 Å². The van der Waals surface area contributed by atoms with Crippen LogP contribution >= 0.6 is 24.0 Å². The minimum atomic E-state index is -0.790. The molecule has 1 atom stereocenters. The Morgan fingerprint density at radius 3 is 2.70 bits per heavy atom. The molecule has 0 unspecified atom stereocenters. The number of aromatic nitrogens is 2. The van der Waals surface area contributed by atoms with Gasteiger partial charge in [0, 0.05) is 19.3 Å². The van der Waals surface area contributed by atoms with E-state index in [1.54, 1.807) is 35.4 Å². The maximum Gasteiger partial charge on any atom is 0.267 e. The molecule has 0 aliphatic carbocycles. The molecule has 1 fully saturated rings. The zero-order chi connectivity index (χ0) is 23.4. The summed E-state index contributed by atoms with van der Waals surface area (Å²) in [5.74, 6) is 0.103. The Bertz CT molecular complexity index is 1270. The first-order valence-electron chi connectivity index (χ1n) is 10.7. The highest BCUT2D eigenvalue weighted by Gasteiger charge is 2.32. The van der Waals surface area contributed by atoms with Crippen molar-refractivity contribution in [3.05, 3.63) is 81.1 Å². The average Bonchev–Trinajstić information content (AvgIpc) is 3.10. The van der Waals surface area contributed by atoms with Crippen molar-refractivity contribution in [3.63, 3.8) is 0 Å². The molecular formula is C24H24N4O3S2. The largest absolute Gasteiger partial charge is 0.387 e. The minimum absolute atomic E-state index is 0.151. The molecule has 3 heterocycles. The number of fused-ring (bicyclic) bond motifs is 1. The number of benzene rings is 1. The molecule has 4 rings (SSSR count). The number of carbonyl (C=O) groups is 1. The number of nitrogens with one attached hydrogen (secondary N) is 1. The van der Waals surface area contributed by atoms with Gasteiger partial charge in [-0.15, -0.1) is 0 Å². The lowest BCUT2D eigenvalue weighted by Crippen LogP contribution is -2.29. The van der Waals surface area contributed by atoms with Crippen LogP contribution in [0.3, 0.4) is 0 Å². The van der Waals surface area contributed by atoms with Crippen molar-refractivity contribution in [1.82, 2.24) is 14.3 Å². The van der Waals surface area contributed by atoms with Crippen LogP contribution in [0.2, 0.25) is 0 Å². The highest BCUT2D eigenvalue weighted by Crippen LogP contribution is 2.33. The topological polar surface area (TPSA) is 86.9 Å². The second-order valence-corrected chi connectivity index (χ2v) is 9.28. The fraction of sp³-hybridized carbons (Fsp3) is 0.250. The molecule has 0 saturated carbocycles. The minimum Gasteiger partial charge on any atom is -0.387 e. The Hall–Kier alpha value is -3.01. The first kappa shape index (κ1) is 23.2. The van der Waals surface area contributed by atoms with E-state index in [1.165, 1.54) is 16.2 Å². The highest BCUT2D eigenvalue weighted by atomic mass is 32.2. The van der Waals surface area contributed by atoms with Gasteiger partial charge in [-0.25, -0.2) is 4.98 Å². The number of aliphatic hydroxyl groups is 1. The Morgan fingerprint density at radius 1 is 1.18 bits per heavy atom. The fourth-order valence-corrected chi connectivity index (χ4v) is 4.78. The number of amides is 1. The molecule has 1 amide bonds. The van der Waals surface area contributed by atoms with Gasteiger partial charge < -0.3 is 10.4 Å². The van der Waals surface area contributed by atoms with Crippen molar-refractivity contribution < 1.29 is 9.90 Å². The number of aliphatic hydroxyl groups excluding tert-OH is 1. The average molecular weight is 481 g/mol. The van der Waals surface area contributed by atoms with Crippen LogP contribution in [-0.2, 0) is 4.79 Å². The summed E-state index contributed by atoms with van der Waals surface area (Å²) in [6.45, 7) is 2.76. The summed E-state index contributed by atoms with van der Waals surface area (Å²) in [6.07, 6.45) is 4.20. The predicted octanol–water partition coefficient (Wildman–Crippen LogP) is 3.84. The van der Waals surface area contributed by atoms with Crippen LogP contribution in [0.5, 0.6) is 0 Å². The third-order valence-electron chi connectivity index (χ3n) is 5.30. The van der Waals surface area contributed by atoms with Crippen molar-refractivity contribution >= 4 is 51.7 Å². The molecule has 33 heavy (non-hydrogen) atoms. The van der Waals surface area contributed by atoms with E-state index < -0.39 is 6.10 Å². The lowest BCUT2D eigenvalue weighted by Gasteiger charge is -2.15. The molecule has 170 valence electrons. The molecule has 1 aliphatic rings. The monoisotopic (exact) mass is 480 g/mol. The maximum absolute atomic E-state index is 13.3. The van der Waals surface area contributed by atoms with E-state index in [0.717, 1.165) is 18.4 Å². The van der Waals surface area contributed by atoms with Gasteiger partial charge in [0.2, 0.25) is 0 Å². The van der Waals surface area contributed by atoms with Crippen LogP contribution in [0.15, 0.2) is 64.4 Å². The number of rotatable bonds is 8.